The molecule has 5 heteroatoms. The van der Waals surface area contributed by atoms with E-state index in [2.05, 4.69) is 17.1 Å². The smallest absolute Gasteiger partial charge is 0.374 e. The van der Waals surface area contributed by atoms with E-state index in [0.29, 0.717) is 5.76 Å². The number of carbonyl (C=O) groups is 1. The molecule has 1 aliphatic heterocycles. The normalized spacial score (nSPS) is 16.6. The third kappa shape index (κ3) is 3.84. The molecule has 2 heterocycles. The summed E-state index contributed by atoms with van der Waals surface area (Å²) in [4.78, 5) is 14.0. The van der Waals surface area contributed by atoms with Gasteiger partial charge in [0.25, 0.3) is 0 Å². The Hall–Kier alpha value is -1.33. The van der Waals surface area contributed by atoms with Gasteiger partial charge in [0, 0.05) is 18.7 Å². The lowest BCUT2D eigenvalue weighted by Gasteiger charge is -2.29. The molecule has 1 aromatic heterocycles. The second kappa shape index (κ2) is 7.45. The van der Waals surface area contributed by atoms with Gasteiger partial charge < -0.3 is 14.5 Å². The van der Waals surface area contributed by atoms with Crippen molar-refractivity contribution in [3.8, 4) is 0 Å². The van der Waals surface area contributed by atoms with E-state index in [1.54, 1.807) is 6.26 Å². The van der Waals surface area contributed by atoms with E-state index in [-0.39, 0.29) is 0 Å². The van der Waals surface area contributed by atoms with E-state index in [1.165, 1.54) is 20.0 Å². The second-order valence-corrected chi connectivity index (χ2v) is 5.29. The van der Waals surface area contributed by atoms with Crippen LogP contribution >= 0.6 is 0 Å². The minimum Gasteiger partial charge on any atom is -0.463 e. The highest BCUT2D eigenvalue weighted by atomic mass is 16.5. The van der Waals surface area contributed by atoms with Crippen molar-refractivity contribution in [2.24, 2.45) is 5.92 Å². The number of rotatable bonds is 6. The first-order valence-electron chi connectivity index (χ1n) is 7.32. The van der Waals surface area contributed by atoms with Crippen molar-refractivity contribution >= 4 is 5.97 Å². The van der Waals surface area contributed by atoms with Crippen molar-refractivity contribution in [1.29, 1.82) is 0 Å². The Balaban J connectivity index is 1.95. The van der Waals surface area contributed by atoms with Gasteiger partial charge in [-0.05, 0) is 44.5 Å². The summed E-state index contributed by atoms with van der Waals surface area (Å²) in [5, 5.41) is 3.39. The molecule has 0 amide bonds. The molecule has 0 aliphatic carbocycles. The molecule has 1 aromatic rings. The fourth-order valence-electron chi connectivity index (χ4n) is 2.71. The zero-order valence-corrected chi connectivity index (χ0v) is 12.4. The van der Waals surface area contributed by atoms with Crippen LogP contribution in [0.15, 0.2) is 16.7 Å². The van der Waals surface area contributed by atoms with Gasteiger partial charge in [0.1, 0.15) is 0 Å². The van der Waals surface area contributed by atoms with E-state index in [4.69, 9.17) is 9.15 Å². The Morgan fingerprint density at radius 2 is 2.25 bits per heavy atom. The standard InChI is InChI=1S/C15H24N2O3/c1-3-17(10-12-4-7-16-8-5-12)11-13-6-9-20-14(13)15(18)19-2/h6,9,12,16H,3-5,7-8,10-11H2,1-2H3. The van der Waals surface area contributed by atoms with Crippen molar-refractivity contribution in [2.75, 3.05) is 33.3 Å². The summed E-state index contributed by atoms with van der Waals surface area (Å²) < 4.78 is 9.98. The average molecular weight is 280 g/mol. The van der Waals surface area contributed by atoms with E-state index in [9.17, 15) is 4.79 Å². The van der Waals surface area contributed by atoms with Crippen LogP contribution in [0.5, 0.6) is 0 Å². The molecule has 112 valence electrons. The molecule has 20 heavy (non-hydrogen) atoms. The van der Waals surface area contributed by atoms with Crippen LogP contribution < -0.4 is 5.32 Å². The van der Waals surface area contributed by atoms with Gasteiger partial charge in [-0.15, -0.1) is 0 Å². The minimum absolute atomic E-state index is 0.330. The number of hydrogen-bond donors (Lipinski definition) is 1. The van der Waals surface area contributed by atoms with Crippen LogP contribution in [0.4, 0.5) is 0 Å². The molecule has 1 fully saturated rings. The minimum atomic E-state index is -0.400. The van der Waals surface area contributed by atoms with Crippen LogP contribution in [0.2, 0.25) is 0 Å². The topological polar surface area (TPSA) is 54.7 Å². The summed E-state index contributed by atoms with van der Waals surface area (Å²) in [7, 11) is 1.38. The van der Waals surface area contributed by atoms with Crippen molar-refractivity contribution in [1.82, 2.24) is 10.2 Å². The molecule has 0 bridgehead atoms. The molecule has 1 aliphatic rings. The number of furan rings is 1. The summed E-state index contributed by atoms with van der Waals surface area (Å²) in [5.74, 6) is 0.670. The molecule has 5 nitrogen and oxygen atoms in total. The number of nitrogens with zero attached hydrogens (tertiary/aromatic N) is 1. The Kier molecular flexibility index (Phi) is 5.61. The molecule has 0 saturated carbocycles. The summed E-state index contributed by atoms with van der Waals surface area (Å²) in [6.45, 7) is 7.16. The number of nitrogens with one attached hydrogen (secondary N) is 1. The average Bonchev–Trinajstić information content (AvgIpc) is 2.95. The summed E-state index contributed by atoms with van der Waals surface area (Å²) in [6.07, 6.45) is 4.01. The van der Waals surface area contributed by atoms with Crippen LogP contribution in [0.25, 0.3) is 0 Å². The van der Waals surface area contributed by atoms with Crippen molar-refractivity contribution in [3.05, 3.63) is 23.7 Å². The van der Waals surface area contributed by atoms with Gasteiger partial charge in [0.05, 0.1) is 13.4 Å². The van der Waals surface area contributed by atoms with Crippen LogP contribution in [0, 0.1) is 5.92 Å². The van der Waals surface area contributed by atoms with Gasteiger partial charge in [-0.1, -0.05) is 6.92 Å². The predicted octanol–water partition coefficient (Wildman–Crippen LogP) is 1.89. The van der Waals surface area contributed by atoms with Crippen LogP contribution in [-0.4, -0.2) is 44.2 Å². The maximum Gasteiger partial charge on any atom is 0.374 e. The van der Waals surface area contributed by atoms with Gasteiger partial charge in [-0.3, -0.25) is 4.90 Å². The number of methoxy groups -OCH3 is 1. The van der Waals surface area contributed by atoms with Gasteiger partial charge in [0.2, 0.25) is 5.76 Å². The van der Waals surface area contributed by atoms with Gasteiger partial charge in [0.15, 0.2) is 0 Å². The Morgan fingerprint density at radius 3 is 2.90 bits per heavy atom. The number of carbonyl (C=O) groups excluding carboxylic acids is 1. The number of hydrogen-bond acceptors (Lipinski definition) is 5. The molecular weight excluding hydrogens is 256 g/mol. The number of esters is 1. The highest BCUT2D eigenvalue weighted by Gasteiger charge is 2.20. The molecule has 0 spiro atoms. The Morgan fingerprint density at radius 1 is 1.50 bits per heavy atom. The second-order valence-electron chi connectivity index (χ2n) is 5.29. The largest absolute Gasteiger partial charge is 0.463 e. The fraction of sp³-hybridized carbons (Fsp3) is 0.667. The Bertz CT molecular complexity index is 425. The predicted molar refractivity (Wildman–Crippen MR) is 76.6 cm³/mol. The first-order chi connectivity index (χ1) is 9.74. The van der Waals surface area contributed by atoms with Gasteiger partial charge in [-0.25, -0.2) is 4.79 Å². The summed E-state index contributed by atoms with van der Waals surface area (Å²) in [5.41, 5.74) is 0.910. The lowest BCUT2D eigenvalue weighted by atomic mass is 9.97. The van der Waals surface area contributed by atoms with Crippen molar-refractivity contribution in [2.45, 2.75) is 26.3 Å². The number of piperidine rings is 1. The fourth-order valence-corrected chi connectivity index (χ4v) is 2.71. The molecule has 0 aromatic carbocycles. The lowest BCUT2D eigenvalue weighted by molar-refractivity contribution is 0.0561. The van der Waals surface area contributed by atoms with Gasteiger partial charge in [-0.2, -0.15) is 0 Å². The van der Waals surface area contributed by atoms with E-state index >= 15 is 0 Å². The SMILES string of the molecule is CCN(Cc1ccoc1C(=O)OC)CC1CCNCC1. The number of ether oxygens (including phenoxy) is 1. The first kappa shape index (κ1) is 15.1. The van der Waals surface area contributed by atoms with Crippen LogP contribution in [0.1, 0.15) is 35.9 Å². The zero-order valence-electron chi connectivity index (χ0n) is 12.4. The molecule has 0 radical (unpaired) electrons. The lowest BCUT2D eigenvalue weighted by Crippen LogP contribution is -2.36. The quantitative estimate of drug-likeness (QED) is 0.806. The monoisotopic (exact) mass is 280 g/mol. The Labute approximate surface area is 120 Å². The van der Waals surface area contributed by atoms with Crippen LogP contribution in [0.3, 0.4) is 0 Å². The summed E-state index contributed by atoms with van der Waals surface area (Å²) >= 11 is 0. The molecule has 1 saturated heterocycles. The highest BCUT2D eigenvalue weighted by Crippen LogP contribution is 2.18. The molecule has 2 rings (SSSR count). The molecule has 0 unspecified atom stereocenters. The molecule has 0 atom stereocenters. The zero-order chi connectivity index (χ0) is 14.4. The highest BCUT2D eigenvalue weighted by molar-refractivity contribution is 5.87. The maximum atomic E-state index is 11.6. The third-order valence-electron chi connectivity index (χ3n) is 3.93. The maximum absolute atomic E-state index is 11.6. The van der Waals surface area contributed by atoms with Crippen molar-refractivity contribution in [3.63, 3.8) is 0 Å². The molecular formula is C15H24N2O3. The molecule has 1 N–H and O–H groups in total. The summed E-state index contributed by atoms with van der Waals surface area (Å²) in [6, 6.07) is 1.86. The van der Waals surface area contributed by atoms with Crippen molar-refractivity contribution < 1.29 is 13.9 Å². The van der Waals surface area contributed by atoms with Gasteiger partial charge >= 0.3 is 5.97 Å². The van der Waals surface area contributed by atoms with E-state index in [0.717, 1.165) is 44.2 Å². The van der Waals surface area contributed by atoms with E-state index in [1.807, 2.05) is 6.07 Å². The first-order valence-corrected chi connectivity index (χ1v) is 7.32. The van der Waals surface area contributed by atoms with E-state index < -0.39 is 5.97 Å². The van der Waals surface area contributed by atoms with Crippen LogP contribution in [-0.2, 0) is 11.3 Å². The third-order valence-corrected chi connectivity index (χ3v) is 3.93.